The Kier molecular flexibility index (Phi) is 3.57. The number of benzene rings is 2. The van der Waals surface area contributed by atoms with Gasteiger partial charge in [0, 0.05) is 5.69 Å². The molecule has 1 heteroatoms. The molecule has 0 saturated carbocycles. The van der Waals surface area contributed by atoms with Crippen LogP contribution >= 0.6 is 0 Å². The molecule has 2 aromatic rings. The van der Waals surface area contributed by atoms with Crippen molar-refractivity contribution in [2.75, 3.05) is 5.73 Å². The lowest BCUT2D eigenvalue weighted by Crippen LogP contribution is -2.20. The van der Waals surface area contributed by atoms with Gasteiger partial charge in [-0.25, -0.2) is 0 Å². The summed E-state index contributed by atoms with van der Waals surface area (Å²) in [6.45, 7) is 19.4. The average molecular weight is 362 g/mol. The summed E-state index contributed by atoms with van der Waals surface area (Å²) in [7, 11) is 0. The Hall–Kier alpha value is -1.76. The molecular formula is C26H35N. The molecule has 0 unspecified atom stereocenters. The van der Waals surface area contributed by atoms with Crippen molar-refractivity contribution in [2.24, 2.45) is 0 Å². The maximum atomic E-state index is 6.02. The van der Waals surface area contributed by atoms with Gasteiger partial charge in [0.05, 0.1) is 0 Å². The molecule has 2 aromatic carbocycles. The van der Waals surface area contributed by atoms with Crippen LogP contribution in [0.3, 0.4) is 0 Å². The van der Waals surface area contributed by atoms with Crippen LogP contribution in [0.5, 0.6) is 0 Å². The van der Waals surface area contributed by atoms with E-state index in [4.69, 9.17) is 5.73 Å². The lowest BCUT2D eigenvalue weighted by Gasteiger charge is -2.30. The number of nitrogen functional groups attached to an aromatic ring is 1. The zero-order chi connectivity index (χ0) is 20.0. The first-order valence-corrected chi connectivity index (χ1v) is 10.4. The summed E-state index contributed by atoms with van der Waals surface area (Å²) < 4.78 is 0. The minimum absolute atomic E-state index is 0.174. The maximum absolute atomic E-state index is 6.02. The van der Waals surface area contributed by atoms with E-state index in [0.29, 0.717) is 0 Å². The van der Waals surface area contributed by atoms with Crippen molar-refractivity contribution in [1.29, 1.82) is 0 Å². The normalized spacial score (nSPS) is 23.1. The van der Waals surface area contributed by atoms with Crippen LogP contribution in [0.25, 0.3) is 11.1 Å². The van der Waals surface area contributed by atoms with Crippen LogP contribution < -0.4 is 5.73 Å². The van der Waals surface area contributed by atoms with Crippen LogP contribution in [0.4, 0.5) is 5.69 Å². The van der Waals surface area contributed by atoms with Crippen LogP contribution in [0.15, 0.2) is 30.3 Å². The second kappa shape index (κ2) is 5.19. The molecule has 0 saturated heterocycles. The van der Waals surface area contributed by atoms with Crippen LogP contribution in [-0.4, -0.2) is 0 Å². The molecule has 0 atom stereocenters. The molecule has 4 rings (SSSR count). The van der Waals surface area contributed by atoms with Crippen molar-refractivity contribution in [3.8, 4) is 11.1 Å². The largest absolute Gasteiger partial charge is 0.399 e. The second-order valence-corrected chi connectivity index (χ2v) is 11.6. The number of fused-ring (bicyclic) bond motifs is 2. The SMILES string of the molecule is CC1(C)CC(C)(C)c2c1cc1c(c2-c2ccc(N)cc2)C(C)(C)CC1(C)C. The molecule has 0 fully saturated rings. The lowest BCUT2D eigenvalue weighted by atomic mass is 9.74. The Morgan fingerprint density at radius 3 is 1.44 bits per heavy atom. The maximum Gasteiger partial charge on any atom is 0.0314 e. The summed E-state index contributed by atoms with van der Waals surface area (Å²) in [5.41, 5.74) is 16.7. The highest BCUT2D eigenvalue weighted by atomic mass is 14.6. The van der Waals surface area contributed by atoms with Crippen LogP contribution in [0.2, 0.25) is 0 Å². The second-order valence-electron chi connectivity index (χ2n) is 11.6. The lowest BCUT2D eigenvalue weighted by molar-refractivity contribution is 0.396. The molecule has 0 amide bonds. The number of nitrogens with two attached hydrogens (primary N) is 1. The van der Waals surface area contributed by atoms with Gasteiger partial charge in [0.25, 0.3) is 0 Å². The molecule has 0 bridgehead atoms. The van der Waals surface area contributed by atoms with E-state index in [-0.39, 0.29) is 21.7 Å². The summed E-state index contributed by atoms with van der Waals surface area (Å²) in [6.07, 6.45) is 2.39. The molecule has 2 aliphatic carbocycles. The van der Waals surface area contributed by atoms with E-state index in [1.807, 2.05) is 0 Å². The van der Waals surface area contributed by atoms with Gasteiger partial charge in [0.1, 0.15) is 0 Å². The zero-order valence-electron chi connectivity index (χ0n) is 18.4. The Morgan fingerprint density at radius 1 is 0.630 bits per heavy atom. The summed E-state index contributed by atoms with van der Waals surface area (Å²) in [4.78, 5) is 0. The first kappa shape index (κ1) is 18.6. The predicted molar refractivity (Wildman–Crippen MR) is 118 cm³/mol. The van der Waals surface area contributed by atoms with Gasteiger partial charge in [-0.15, -0.1) is 0 Å². The molecular weight excluding hydrogens is 326 g/mol. The van der Waals surface area contributed by atoms with E-state index < -0.39 is 0 Å². The van der Waals surface area contributed by atoms with Crippen LogP contribution in [0.1, 0.15) is 90.5 Å². The third-order valence-corrected chi connectivity index (χ3v) is 7.11. The molecule has 0 aliphatic heterocycles. The number of hydrogen-bond acceptors (Lipinski definition) is 1. The van der Waals surface area contributed by atoms with Crippen LogP contribution in [-0.2, 0) is 21.7 Å². The fourth-order valence-electron chi connectivity index (χ4n) is 6.67. The first-order chi connectivity index (χ1) is 12.3. The molecule has 0 aromatic heterocycles. The fourth-order valence-corrected chi connectivity index (χ4v) is 6.67. The van der Waals surface area contributed by atoms with E-state index in [1.54, 1.807) is 22.3 Å². The summed E-state index contributed by atoms with van der Waals surface area (Å²) in [6, 6.07) is 11.2. The Morgan fingerprint density at radius 2 is 1.04 bits per heavy atom. The molecule has 0 heterocycles. The number of rotatable bonds is 1. The van der Waals surface area contributed by atoms with Crippen molar-refractivity contribution in [2.45, 2.75) is 89.9 Å². The van der Waals surface area contributed by atoms with Gasteiger partial charge in [-0.1, -0.05) is 73.6 Å². The van der Waals surface area contributed by atoms with Gasteiger partial charge in [0.2, 0.25) is 0 Å². The zero-order valence-corrected chi connectivity index (χ0v) is 18.4. The fraction of sp³-hybridized carbons (Fsp3) is 0.538. The molecule has 0 radical (unpaired) electrons. The summed E-state index contributed by atoms with van der Waals surface area (Å²) in [5, 5.41) is 0. The monoisotopic (exact) mass is 361 g/mol. The summed E-state index contributed by atoms with van der Waals surface area (Å²) >= 11 is 0. The van der Waals surface area contributed by atoms with Crippen molar-refractivity contribution >= 4 is 5.69 Å². The molecule has 2 N–H and O–H groups in total. The summed E-state index contributed by atoms with van der Waals surface area (Å²) in [5.74, 6) is 0. The minimum atomic E-state index is 0.174. The Bertz CT molecular complexity index is 871. The van der Waals surface area contributed by atoms with E-state index in [0.717, 1.165) is 5.69 Å². The highest BCUT2D eigenvalue weighted by Crippen LogP contribution is 2.60. The van der Waals surface area contributed by atoms with E-state index in [9.17, 15) is 0 Å². The highest BCUT2D eigenvalue weighted by Gasteiger charge is 2.50. The quantitative estimate of drug-likeness (QED) is 0.552. The van der Waals surface area contributed by atoms with Gasteiger partial charge in [-0.3, -0.25) is 0 Å². The van der Waals surface area contributed by atoms with E-state index in [2.05, 4.69) is 85.7 Å². The molecule has 1 nitrogen and oxygen atoms in total. The number of anilines is 1. The van der Waals surface area contributed by atoms with Gasteiger partial charge < -0.3 is 5.73 Å². The first-order valence-electron chi connectivity index (χ1n) is 10.4. The highest BCUT2D eigenvalue weighted by molar-refractivity contribution is 5.80. The Balaban J connectivity index is 2.18. The third-order valence-electron chi connectivity index (χ3n) is 7.11. The van der Waals surface area contributed by atoms with Gasteiger partial charge in [-0.05, 0) is 80.0 Å². The smallest absolute Gasteiger partial charge is 0.0314 e. The van der Waals surface area contributed by atoms with Crippen molar-refractivity contribution in [3.63, 3.8) is 0 Å². The van der Waals surface area contributed by atoms with Crippen molar-refractivity contribution in [1.82, 2.24) is 0 Å². The predicted octanol–water partition coefficient (Wildman–Crippen LogP) is 6.85. The minimum Gasteiger partial charge on any atom is -0.399 e. The van der Waals surface area contributed by atoms with Crippen LogP contribution in [0, 0.1) is 0 Å². The van der Waals surface area contributed by atoms with Gasteiger partial charge in [-0.2, -0.15) is 0 Å². The van der Waals surface area contributed by atoms with E-state index >= 15 is 0 Å². The average Bonchev–Trinajstić information content (AvgIpc) is 2.82. The Labute approximate surface area is 165 Å². The third kappa shape index (κ3) is 2.57. The van der Waals surface area contributed by atoms with Crippen molar-refractivity contribution < 1.29 is 0 Å². The molecule has 27 heavy (non-hydrogen) atoms. The molecule has 0 spiro atoms. The molecule has 144 valence electrons. The number of hydrogen-bond donors (Lipinski definition) is 1. The van der Waals surface area contributed by atoms with Gasteiger partial charge >= 0.3 is 0 Å². The topological polar surface area (TPSA) is 26.0 Å². The van der Waals surface area contributed by atoms with Crippen molar-refractivity contribution in [3.05, 3.63) is 52.6 Å². The van der Waals surface area contributed by atoms with E-state index in [1.165, 1.54) is 24.0 Å². The molecule has 2 aliphatic rings. The standard InChI is InChI=1S/C26H35N/c1-23(2)14-25(5,6)21-18(23)13-19-22(26(7,8)15-24(19,3)4)20(21)16-9-11-17(27)12-10-16/h9-13H,14-15,27H2,1-8H3. The van der Waals surface area contributed by atoms with Gasteiger partial charge in [0.15, 0.2) is 0 Å².